The van der Waals surface area contributed by atoms with E-state index in [-0.39, 0.29) is 10.8 Å². The zero-order valence-corrected chi connectivity index (χ0v) is 16.0. The summed E-state index contributed by atoms with van der Waals surface area (Å²) >= 11 is 0. The molecule has 1 aromatic carbocycles. The Bertz CT molecular complexity index is 500. The van der Waals surface area contributed by atoms with Gasteiger partial charge in [-0.15, -0.1) is 0 Å². The molecule has 0 atom stereocenters. The number of rotatable bonds is 8. The fourth-order valence-corrected chi connectivity index (χ4v) is 3.27. The number of fused-ring (bicyclic) bond motifs is 1. The fraction of sp³-hybridized carbons (Fsp3) is 0.700. The number of ether oxygens (including phenoxy) is 4. The van der Waals surface area contributed by atoms with E-state index in [9.17, 15) is 0 Å². The SMILES string of the molecule is COCCOc1cc2c(cc1OCCOC)C(C)(C)CCC2(C)C. The largest absolute Gasteiger partial charge is 0.487 e. The first-order chi connectivity index (χ1) is 11.3. The van der Waals surface area contributed by atoms with Crippen molar-refractivity contribution >= 4 is 0 Å². The maximum atomic E-state index is 5.95. The van der Waals surface area contributed by atoms with Gasteiger partial charge >= 0.3 is 0 Å². The van der Waals surface area contributed by atoms with E-state index in [1.54, 1.807) is 14.2 Å². The molecule has 0 heterocycles. The highest BCUT2D eigenvalue weighted by Crippen LogP contribution is 2.49. The molecule has 0 saturated carbocycles. The van der Waals surface area contributed by atoms with Gasteiger partial charge in [0.2, 0.25) is 0 Å². The van der Waals surface area contributed by atoms with E-state index in [4.69, 9.17) is 18.9 Å². The molecule has 2 rings (SSSR count). The lowest BCUT2D eigenvalue weighted by atomic mass is 9.63. The smallest absolute Gasteiger partial charge is 0.161 e. The summed E-state index contributed by atoms with van der Waals surface area (Å²) in [5.74, 6) is 1.60. The molecule has 1 aromatic rings. The van der Waals surface area contributed by atoms with E-state index in [2.05, 4.69) is 39.8 Å². The van der Waals surface area contributed by atoms with Crippen LogP contribution in [0.4, 0.5) is 0 Å². The van der Waals surface area contributed by atoms with E-state index in [1.807, 2.05) is 0 Å². The van der Waals surface area contributed by atoms with Crippen molar-refractivity contribution in [2.75, 3.05) is 40.6 Å². The van der Waals surface area contributed by atoms with E-state index in [1.165, 1.54) is 24.0 Å². The average molecular weight is 336 g/mol. The molecule has 0 unspecified atom stereocenters. The van der Waals surface area contributed by atoms with Crippen molar-refractivity contribution in [3.63, 3.8) is 0 Å². The Morgan fingerprint density at radius 2 is 1.08 bits per heavy atom. The summed E-state index contributed by atoms with van der Waals surface area (Å²) in [6.07, 6.45) is 2.35. The quantitative estimate of drug-likeness (QED) is 0.670. The fourth-order valence-electron chi connectivity index (χ4n) is 3.27. The lowest BCUT2D eigenvalue weighted by Crippen LogP contribution is -2.34. The van der Waals surface area contributed by atoms with Crippen LogP contribution >= 0.6 is 0 Å². The van der Waals surface area contributed by atoms with Gasteiger partial charge in [0.15, 0.2) is 11.5 Å². The minimum Gasteiger partial charge on any atom is -0.487 e. The van der Waals surface area contributed by atoms with E-state index in [0.717, 1.165) is 11.5 Å². The maximum Gasteiger partial charge on any atom is 0.161 e. The summed E-state index contributed by atoms with van der Waals surface area (Å²) in [5, 5.41) is 0. The van der Waals surface area contributed by atoms with Gasteiger partial charge < -0.3 is 18.9 Å². The second kappa shape index (κ2) is 7.75. The molecule has 0 amide bonds. The number of hydrogen-bond donors (Lipinski definition) is 0. The van der Waals surface area contributed by atoms with Gasteiger partial charge in [-0.3, -0.25) is 0 Å². The van der Waals surface area contributed by atoms with Gasteiger partial charge in [0.1, 0.15) is 13.2 Å². The summed E-state index contributed by atoms with van der Waals surface area (Å²) in [4.78, 5) is 0. The average Bonchev–Trinajstić information content (AvgIpc) is 2.53. The van der Waals surface area contributed by atoms with Gasteiger partial charge in [-0.05, 0) is 46.9 Å². The molecule has 1 aliphatic carbocycles. The second-order valence-electron chi connectivity index (χ2n) is 7.79. The van der Waals surface area contributed by atoms with Gasteiger partial charge in [-0.25, -0.2) is 0 Å². The molecule has 0 aromatic heterocycles. The third-order valence-corrected chi connectivity index (χ3v) is 5.01. The molecule has 24 heavy (non-hydrogen) atoms. The molecule has 0 saturated heterocycles. The van der Waals surface area contributed by atoms with Gasteiger partial charge in [-0.1, -0.05) is 27.7 Å². The summed E-state index contributed by atoms with van der Waals surface area (Å²) in [6.45, 7) is 11.4. The predicted molar refractivity (Wildman–Crippen MR) is 96.5 cm³/mol. The summed E-state index contributed by atoms with van der Waals surface area (Å²) in [7, 11) is 3.36. The zero-order chi connectivity index (χ0) is 17.8. The number of benzene rings is 1. The highest BCUT2D eigenvalue weighted by atomic mass is 16.5. The molecule has 0 aliphatic heterocycles. The van der Waals surface area contributed by atoms with Crippen LogP contribution in [0.3, 0.4) is 0 Å². The van der Waals surface area contributed by atoms with Crippen LogP contribution in [0.2, 0.25) is 0 Å². The van der Waals surface area contributed by atoms with Crippen molar-refractivity contribution in [1.29, 1.82) is 0 Å². The van der Waals surface area contributed by atoms with Crippen LogP contribution in [0.5, 0.6) is 11.5 Å². The molecule has 0 radical (unpaired) electrons. The zero-order valence-electron chi connectivity index (χ0n) is 16.0. The minimum atomic E-state index is 0.148. The monoisotopic (exact) mass is 336 g/mol. The third kappa shape index (κ3) is 4.22. The van der Waals surface area contributed by atoms with Crippen LogP contribution in [-0.2, 0) is 20.3 Å². The van der Waals surface area contributed by atoms with Crippen molar-refractivity contribution in [2.24, 2.45) is 0 Å². The van der Waals surface area contributed by atoms with Crippen molar-refractivity contribution in [1.82, 2.24) is 0 Å². The molecular weight excluding hydrogens is 304 g/mol. The van der Waals surface area contributed by atoms with E-state index in [0.29, 0.717) is 26.4 Å². The Balaban J connectivity index is 2.40. The second-order valence-corrected chi connectivity index (χ2v) is 7.79. The third-order valence-electron chi connectivity index (χ3n) is 5.01. The van der Waals surface area contributed by atoms with Crippen molar-refractivity contribution < 1.29 is 18.9 Å². The Labute approximate surface area is 146 Å². The first-order valence-electron chi connectivity index (χ1n) is 8.74. The summed E-state index contributed by atoms with van der Waals surface area (Å²) < 4.78 is 22.1. The molecule has 0 fully saturated rings. The van der Waals surface area contributed by atoms with Crippen LogP contribution in [-0.4, -0.2) is 40.6 Å². The molecule has 0 spiro atoms. The molecule has 1 aliphatic rings. The number of hydrogen-bond acceptors (Lipinski definition) is 4. The predicted octanol–water partition coefficient (Wildman–Crippen LogP) is 4.09. The van der Waals surface area contributed by atoms with Crippen molar-refractivity contribution in [2.45, 2.75) is 51.4 Å². The van der Waals surface area contributed by atoms with Gasteiger partial charge in [0.25, 0.3) is 0 Å². The minimum absolute atomic E-state index is 0.148. The maximum absolute atomic E-state index is 5.95. The molecule has 4 nitrogen and oxygen atoms in total. The molecule has 0 bridgehead atoms. The van der Waals surface area contributed by atoms with Crippen LogP contribution in [0.25, 0.3) is 0 Å². The Morgan fingerprint density at radius 1 is 0.708 bits per heavy atom. The Hall–Kier alpha value is -1.26. The van der Waals surface area contributed by atoms with E-state index < -0.39 is 0 Å². The van der Waals surface area contributed by atoms with E-state index >= 15 is 0 Å². The molecule has 136 valence electrons. The van der Waals surface area contributed by atoms with Crippen molar-refractivity contribution in [3.05, 3.63) is 23.3 Å². The first kappa shape index (κ1) is 19.1. The molecular formula is C20H32O4. The van der Waals surface area contributed by atoms with Crippen molar-refractivity contribution in [3.8, 4) is 11.5 Å². The standard InChI is InChI=1S/C20H32O4/c1-19(2)7-8-20(3,4)16-14-18(24-12-10-22-6)17(13-15(16)19)23-11-9-21-5/h13-14H,7-12H2,1-6H3. The summed E-state index contributed by atoms with van der Waals surface area (Å²) in [5.41, 5.74) is 3.03. The lowest BCUT2D eigenvalue weighted by Gasteiger charge is -2.42. The molecule has 4 heteroatoms. The Kier molecular flexibility index (Phi) is 6.16. The van der Waals surface area contributed by atoms with Crippen LogP contribution < -0.4 is 9.47 Å². The van der Waals surface area contributed by atoms with Crippen LogP contribution in [0.1, 0.15) is 51.7 Å². The topological polar surface area (TPSA) is 36.9 Å². The van der Waals surface area contributed by atoms with Gasteiger partial charge in [-0.2, -0.15) is 0 Å². The normalized spacial score (nSPS) is 18.1. The highest BCUT2D eigenvalue weighted by molar-refractivity contribution is 5.53. The Morgan fingerprint density at radius 3 is 1.42 bits per heavy atom. The first-order valence-corrected chi connectivity index (χ1v) is 8.74. The lowest BCUT2D eigenvalue weighted by molar-refractivity contribution is 0.132. The summed E-state index contributed by atoms with van der Waals surface area (Å²) in [6, 6.07) is 4.35. The number of methoxy groups -OCH3 is 2. The highest BCUT2D eigenvalue weighted by Gasteiger charge is 2.38. The van der Waals surface area contributed by atoms with Crippen LogP contribution in [0.15, 0.2) is 12.1 Å². The molecule has 0 N–H and O–H groups in total. The van der Waals surface area contributed by atoms with Crippen LogP contribution in [0, 0.1) is 0 Å². The van der Waals surface area contributed by atoms with Gasteiger partial charge in [0, 0.05) is 14.2 Å². The van der Waals surface area contributed by atoms with Gasteiger partial charge in [0.05, 0.1) is 13.2 Å².